The number of non-ortho nitro benzene ring substituents is 2. The largest absolute Gasteiger partial charge is 0.284 e. The van der Waals surface area contributed by atoms with Crippen LogP contribution in [0.4, 0.5) is 17.1 Å². The van der Waals surface area contributed by atoms with E-state index in [2.05, 4.69) is 0 Å². The number of fused-ring (bicyclic) bond motifs is 3. The third-order valence-corrected chi connectivity index (χ3v) is 5.01. The summed E-state index contributed by atoms with van der Waals surface area (Å²) >= 11 is 5.91. The smallest absolute Gasteiger partial charge is 0.258 e. The number of nitrogens with zero attached hydrogens (tertiary/aromatic N) is 3. The van der Waals surface area contributed by atoms with Crippen molar-refractivity contribution in [3.05, 3.63) is 107 Å². The summed E-state index contributed by atoms with van der Waals surface area (Å²) in [5, 5.41) is 34.8. The summed E-state index contributed by atoms with van der Waals surface area (Å²) in [5.74, 6) is 0. The van der Waals surface area contributed by atoms with Crippen LogP contribution in [0.3, 0.4) is 0 Å². The van der Waals surface area contributed by atoms with Crippen molar-refractivity contribution in [2.24, 2.45) is 0 Å². The van der Waals surface area contributed by atoms with Crippen molar-refractivity contribution >= 4 is 40.3 Å². The minimum Gasteiger partial charge on any atom is -0.258 e. The molecule has 30 heavy (non-hydrogen) atoms. The highest BCUT2D eigenvalue weighted by Crippen LogP contribution is 2.51. The average Bonchev–Trinajstić information content (AvgIpc) is 3.01. The second kappa shape index (κ2) is 7.05. The summed E-state index contributed by atoms with van der Waals surface area (Å²) in [6.45, 7) is 0. The van der Waals surface area contributed by atoms with Gasteiger partial charge in [0.15, 0.2) is 0 Å². The Morgan fingerprint density at radius 1 is 0.700 bits per heavy atom. The van der Waals surface area contributed by atoms with Gasteiger partial charge in [-0.05, 0) is 46.5 Å². The minimum absolute atomic E-state index is 0.190. The van der Waals surface area contributed by atoms with Crippen molar-refractivity contribution in [1.29, 1.82) is 0 Å². The topological polar surface area (TPSA) is 129 Å². The zero-order valence-electron chi connectivity index (χ0n) is 14.9. The van der Waals surface area contributed by atoms with Crippen molar-refractivity contribution in [1.82, 2.24) is 0 Å². The van der Waals surface area contributed by atoms with Crippen molar-refractivity contribution in [2.45, 2.75) is 0 Å². The Labute approximate surface area is 173 Å². The summed E-state index contributed by atoms with van der Waals surface area (Å²) < 4.78 is 0. The fraction of sp³-hybridized carbons (Fsp3) is 0. The maximum atomic E-state index is 11.7. The van der Waals surface area contributed by atoms with Crippen molar-refractivity contribution in [2.75, 3.05) is 0 Å². The van der Waals surface area contributed by atoms with E-state index in [0.29, 0.717) is 27.3 Å². The molecule has 0 unspecified atom stereocenters. The molecule has 0 aromatic heterocycles. The Hall–Kier alpha value is -4.11. The molecule has 0 heterocycles. The molecule has 3 aromatic carbocycles. The van der Waals surface area contributed by atoms with E-state index in [-0.39, 0.29) is 16.8 Å². The molecule has 4 rings (SSSR count). The van der Waals surface area contributed by atoms with E-state index in [1.165, 1.54) is 24.3 Å². The van der Waals surface area contributed by atoms with E-state index < -0.39 is 26.1 Å². The molecule has 10 heteroatoms. The van der Waals surface area contributed by atoms with Gasteiger partial charge in [-0.15, -0.1) is 0 Å². The van der Waals surface area contributed by atoms with E-state index in [1.807, 2.05) is 0 Å². The molecule has 0 amide bonds. The van der Waals surface area contributed by atoms with Gasteiger partial charge in [0.2, 0.25) is 0 Å². The maximum absolute atomic E-state index is 11.7. The molecule has 1 aliphatic rings. The third kappa shape index (κ3) is 3.16. The molecule has 0 radical (unpaired) electrons. The van der Waals surface area contributed by atoms with Gasteiger partial charge in [-0.25, -0.2) is 0 Å². The van der Waals surface area contributed by atoms with Crippen LogP contribution in [0.2, 0.25) is 5.02 Å². The second-order valence-corrected chi connectivity index (χ2v) is 6.93. The SMILES string of the molecule is O=[N+]([O-])c1ccc2c(c1)C(=Cc1ccc(Cl)cc1)c1cc([N+](=O)[O-])cc([N+](=O)[O-])c1-2. The molecule has 0 saturated heterocycles. The van der Waals surface area contributed by atoms with Gasteiger partial charge in [-0.3, -0.25) is 30.3 Å². The normalized spacial score (nSPS) is 13.0. The number of hydrogen-bond donors (Lipinski definition) is 0. The Morgan fingerprint density at radius 2 is 1.33 bits per heavy atom. The molecule has 1 aliphatic carbocycles. The fourth-order valence-corrected chi connectivity index (χ4v) is 3.60. The van der Waals surface area contributed by atoms with Crippen molar-refractivity contribution in [3.63, 3.8) is 0 Å². The van der Waals surface area contributed by atoms with Crippen molar-refractivity contribution in [3.8, 4) is 11.1 Å². The van der Waals surface area contributed by atoms with Crippen LogP contribution in [0.5, 0.6) is 0 Å². The molecular weight excluding hydrogens is 414 g/mol. The number of rotatable bonds is 4. The molecule has 0 saturated carbocycles. The zero-order valence-corrected chi connectivity index (χ0v) is 15.7. The Morgan fingerprint density at radius 3 is 1.93 bits per heavy atom. The van der Waals surface area contributed by atoms with Gasteiger partial charge in [0.1, 0.15) is 0 Å². The fourth-order valence-electron chi connectivity index (χ4n) is 3.47. The lowest BCUT2D eigenvalue weighted by molar-refractivity contribution is -0.393. The lowest BCUT2D eigenvalue weighted by Gasteiger charge is -2.04. The van der Waals surface area contributed by atoms with Crippen LogP contribution in [0, 0.1) is 30.3 Å². The predicted octanol–water partition coefficient (Wildman–Crippen LogP) is 5.63. The third-order valence-electron chi connectivity index (χ3n) is 4.75. The number of halogens is 1. The van der Waals surface area contributed by atoms with Gasteiger partial charge >= 0.3 is 0 Å². The first-order chi connectivity index (χ1) is 14.3. The molecule has 0 atom stereocenters. The van der Waals surface area contributed by atoms with Crippen molar-refractivity contribution < 1.29 is 14.8 Å². The van der Waals surface area contributed by atoms with Crippen LogP contribution in [-0.4, -0.2) is 14.8 Å². The maximum Gasteiger partial charge on any atom is 0.284 e. The summed E-state index contributed by atoms with van der Waals surface area (Å²) in [6, 6.07) is 12.8. The number of nitro benzene ring substituents is 3. The minimum atomic E-state index is -0.710. The first kappa shape index (κ1) is 19.2. The lowest BCUT2D eigenvalue weighted by atomic mass is 10.00. The molecule has 0 N–H and O–H groups in total. The number of hydrogen-bond acceptors (Lipinski definition) is 6. The second-order valence-electron chi connectivity index (χ2n) is 6.50. The molecule has 148 valence electrons. The standard InChI is InChI=1S/C20H10ClN3O6/c21-12-3-1-11(2-4-12)7-16-17-8-13(22(25)26)5-6-15(17)20-18(16)9-14(23(27)28)10-19(20)24(29)30/h1-10H. The van der Waals surface area contributed by atoms with E-state index in [4.69, 9.17) is 11.6 Å². The number of benzene rings is 3. The molecular formula is C20H10ClN3O6. The Balaban J connectivity index is 2.07. The quantitative estimate of drug-likeness (QED) is 0.308. The molecule has 0 aliphatic heterocycles. The molecule has 0 bridgehead atoms. The van der Waals surface area contributed by atoms with Crippen LogP contribution in [0.15, 0.2) is 54.6 Å². The highest BCUT2D eigenvalue weighted by Gasteiger charge is 2.34. The molecule has 0 fully saturated rings. The molecule has 3 aromatic rings. The Bertz CT molecular complexity index is 1280. The summed E-state index contributed by atoms with van der Waals surface area (Å²) in [5.41, 5.74) is 1.26. The Kier molecular flexibility index (Phi) is 4.52. The first-order valence-corrected chi connectivity index (χ1v) is 8.87. The van der Waals surface area contributed by atoms with Gasteiger partial charge in [0.25, 0.3) is 17.1 Å². The van der Waals surface area contributed by atoms with Crippen LogP contribution >= 0.6 is 11.6 Å². The predicted molar refractivity (Wildman–Crippen MR) is 110 cm³/mol. The van der Waals surface area contributed by atoms with Gasteiger partial charge < -0.3 is 0 Å². The van der Waals surface area contributed by atoms with Gasteiger partial charge in [-0.2, -0.15) is 0 Å². The van der Waals surface area contributed by atoms with Gasteiger partial charge in [-0.1, -0.05) is 23.7 Å². The van der Waals surface area contributed by atoms with E-state index >= 15 is 0 Å². The monoisotopic (exact) mass is 423 g/mol. The van der Waals surface area contributed by atoms with Crippen LogP contribution in [-0.2, 0) is 0 Å². The van der Waals surface area contributed by atoms with Crippen LogP contribution in [0.25, 0.3) is 22.8 Å². The average molecular weight is 424 g/mol. The van der Waals surface area contributed by atoms with Crippen LogP contribution < -0.4 is 0 Å². The highest BCUT2D eigenvalue weighted by molar-refractivity contribution is 6.30. The highest BCUT2D eigenvalue weighted by atomic mass is 35.5. The lowest BCUT2D eigenvalue weighted by Crippen LogP contribution is -1.96. The van der Waals surface area contributed by atoms with Gasteiger partial charge in [0, 0.05) is 28.8 Å². The summed E-state index contributed by atoms with van der Waals surface area (Å²) in [7, 11) is 0. The van der Waals surface area contributed by atoms with E-state index in [9.17, 15) is 30.3 Å². The number of nitro groups is 3. The molecule has 9 nitrogen and oxygen atoms in total. The van der Waals surface area contributed by atoms with Crippen LogP contribution in [0.1, 0.15) is 16.7 Å². The first-order valence-electron chi connectivity index (χ1n) is 8.50. The van der Waals surface area contributed by atoms with E-state index in [1.54, 1.807) is 30.3 Å². The van der Waals surface area contributed by atoms with E-state index in [0.717, 1.165) is 6.07 Å². The zero-order chi connectivity index (χ0) is 21.6. The molecule has 0 spiro atoms. The summed E-state index contributed by atoms with van der Waals surface area (Å²) in [6.07, 6.45) is 1.66. The van der Waals surface area contributed by atoms with Gasteiger partial charge in [0.05, 0.1) is 26.4 Å². The summed E-state index contributed by atoms with van der Waals surface area (Å²) in [4.78, 5) is 32.3.